The molecule has 1 N–H and O–H groups in total. The molecule has 2 heterocycles. The van der Waals surface area contributed by atoms with E-state index in [0.29, 0.717) is 5.92 Å². The number of aliphatic hydroxyl groups is 1. The Bertz CT molecular complexity index is 300. The van der Waals surface area contributed by atoms with Crippen LogP contribution in [0.5, 0.6) is 0 Å². The van der Waals surface area contributed by atoms with Gasteiger partial charge in [-0.05, 0) is 5.92 Å². The van der Waals surface area contributed by atoms with Gasteiger partial charge < -0.3 is 9.67 Å². The van der Waals surface area contributed by atoms with E-state index in [0.717, 1.165) is 25.5 Å². The van der Waals surface area contributed by atoms with Crippen LogP contribution in [0.4, 0.5) is 0 Å². The molecule has 1 fully saturated rings. The maximum Gasteiger partial charge on any atom is 0.122 e. The Morgan fingerprint density at radius 1 is 1.57 bits per heavy atom. The summed E-state index contributed by atoms with van der Waals surface area (Å²) in [6.45, 7) is 4.66. The molecule has 0 bridgehead atoms. The molecule has 0 amide bonds. The molecule has 14 heavy (non-hydrogen) atoms. The SMILES string of the molecule is CC1CN(Cc2nccn2C)CC1O. The standard InChI is InChI=1S/C10H17N3O/c1-8-5-13(6-9(8)14)7-10-11-3-4-12(10)2/h3-4,8-9,14H,5-7H2,1-2H3. The van der Waals surface area contributed by atoms with Crippen molar-refractivity contribution in [1.29, 1.82) is 0 Å². The minimum atomic E-state index is -0.171. The first-order valence-corrected chi connectivity index (χ1v) is 5.03. The quantitative estimate of drug-likeness (QED) is 0.734. The highest BCUT2D eigenvalue weighted by molar-refractivity contribution is 4.93. The van der Waals surface area contributed by atoms with Crippen molar-refractivity contribution in [3.63, 3.8) is 0 Å². The monoisotopic (exact) mass is 195 g/mol. The van der Waals surface area contributed by atoms with Gasteiger partial charge in [0.2, 0.25) is 0 Å². The Balaban J connectivity index is 1.97. The highest BCUT2D eigenvalue weighted by Crippen LogP contribution is 2.17. The summed E-state index contributed by atoms with van der Waals surface area (Å²) < 4.78 is 2.02. The van der Waals surface area contributed by atoms with Crippen LogP contribution in [-0.2, 0) is 13.6 Å². The second-order valence-corrected chi connectivity index (χ2v) is 4.19. The highest BCUT2D eigenvalue weighted by atomic mass is 16.3. The minimum Gasteiger partial charge on any atom is -0.391 e. The third-order valence-electron chi connectivity index (χ3n) is 2.93. The number of hydrogen-bond acceptors (Lipinski definition) is 3. The third kappa shape index (κ3) is 1.81. The smallest absolute Gasteiger partial charge is 0.122 e. The predicted octanol–water partition coefficient (Wildman–Crippen LogP) is 0.233. The van der Waals surface area contributed by atoms with Crippen molar-refractivity contribution >= 4 is 0 Å². The maximum absolute atomic E-state index is 9.60. The van der Waals surface area contributed by atoms with E-state index in [2.05, 4.69) is 16.8 Å². The van der Waals surface area contributed by atoms with Gasteiger partial charge in [-0.2, -0.15) is 0 Å². The number of likely N-dealkylation sites (tertiary alicyclic amines) is 1. The van der Waals surface area contributed by atoms with Crippen molar-refractivity contribution < 1.29 is 5.11 Å². The number of aliphatic hydroxyl groups excluding tert-OH is 1. The number of imidazole rings is 1. The van der Waals surface area contributed by atoms with E-state index in [9.17, 15) is 5.11 Å². The first-order valence-electron chi connectivity index (χ1n) is 5.03. The van der Waals surface area contributed by atoms with Crippen LogP contribution in [0.15, 0.2) is 12.4 Å². The summed E-state index contributed by atoms with van der Waals surface area (Å²) in [6.07, 6.45) is 3.59. The molecular formula is C10H17N3O. The van der Waals surface area contributed by atoms with Gasteiger partial charge in [0.15, 0.2) is 0 Å². The summed E-state index contributed by atoms with van der Waals surface area (Å²) in [7, 11) is 2.00. The van der Waals surface area contributed by atoms with Gasteiger partial charge in [-0.1, -0.05) is 6.92 Å². The topological polar surface area (TPSA) is 41.3 Å². The Morgan fingerprint density at radius 3 is 2.86 bits per heavy atom. The van der Waals surface area contributed by atoms with Gasteiger partial charge >= 0.3 is 0 Å². The summed E-state index contributed by atoms with van der Waals surface area (Å²) in [6, 6.07) is 0. The summed E-state index contributed by atoms with van der Waals surface area (Å²) in [4.78, 5) is 6.52. The largest absolute Gasteiger partial charge is 0.391 e. The van der Waals surface area contributed by atoms with E-state index < -0.39 is 0 Å². The first kappa shape index (κ1) is 9.68. The van der Waals surface area contributed by atoms with Crippen LogP contribution in [0, 0.1) is 5.92 Å². The molecule has 2 rings (SSSR count). The fourth-order valence-corrected chi connectivity index (χ4v) is 1.93. The van der Waals surface area contributed by atoms with E-state index in [1.807, 2.05) is 24.0 Å². The van der Waals surface area contributed by atoms with Gasteiger partial charge in [-0.15, -0.1) is 0 Å². The molecule has 2 atom stereocenters. The molecule has 1 aliphatic rings. The van der Waals surface area contributed by atoms with Crippen molar-refractivity contribution in [3.8, 4) is 0 Å². The molecule has 1 aromatic heterocycles. The second kappa shape index (κ2) is 3.71. The number of β-amino-alcohol motifs (C(OH)–C–C–N with tert-alkyl or cyclic N) is 1. The minimum absolute atomic E-state index is 0.171. The molecule has 4 nitrogen and oxygen atoms in total. The normalized spacial score (nSPS) is 28.5. The van der Waals surface area contributed by atoms with Crippen molar-refractivity contribution in [1.82, 2.24) is 14.5 Å². The van der Waals surface area contributed by atoms with E-state index in [1.54, 1.807) is 0 Å². The van der Waals surface area contributed by atoms with Crippen molar-refractivity contribution in [2.75, 3.05) is 13.1 Å². The van der Waals surface area contributed by atoms with Crippen molar-refractivity contribution in [2.24, 2.45) is 13.0 Å². The zero-order valence-corrected chi connectivity index (χ0v) is 8.72. The average molecular weight is 195 g/mol. The Labute approximate surface area is 84.2 Å². The van der Waals surface area contributed by atoms with E-state index in [-0.39, 0.29) is 6.10 Å². The molecule has 1 aliphatic heterocycles. The molecule has 1 aromatic rings. The molecule has 0 saturated carbocycles. The lowest BCUT2D eigenvalue weighted by atomic mass is 10.1. The molecule has 1 saturated heterocycles. The molecule has 78 valence electrons. The van der Waals surface area contributed by atoms with Crippen LogP contribution in [0.2, 0.25) is 0 Å². The number of nitrogens with zero attached hydrogens (tertiary/aromatic N) is 3. The Morgan fingerprint density at radius 2 is 2.36 bits per heavy atom. The summed E-state index contributed by atoms with van der Waals surface area (Å²) in [5, 5.41) is 9.60. The van der Waals surface area contributed by atoms with Crippen molar-refractivity contribution in [2.45, 2.75) is 19.6 Å². The summed E-state index contributed by atoms with van der Waals surface area (Å²) in [5.41, 5.74) is 0. The molecular weight excluding hydrogens is 178 g/mol. The molecule has 0 aromatic carbocycles. The number of hydrogen-bond donors (Lipinski definition) is 1. The highest BCUT2D eigenvalue weighted by Gasteiger charge is 2.27. The Kier molecular flexibility index (Phi) is 2.56. The summed E-state index contributed by atoms with van der Waals surface area (Å²) >= 11 is 0. The second-order valence-electron chi connectivity index (χ2n) is 4.19. The van der Waals surface area contributed by atoms with Crippen LogP contribution < -0.4 is 0 Å². The van der Waals surface area contributed by atoms with Crippen LogP contribution in [0.3, 0.4) is 0 Å². The number of aryl methyl sites for hydroxylation is 1. The molecule has 4 heteroatoms. The lowest BCUT2D eigenvalue weighted by molar-refractivity contribution is 0.147. The van der Waals surface area contributed by atoms with Crippen LogP contribution in [-0.4, -0.2) is 38.8 Å². The van der Waals surface area contributed by atoms with Gasteiger partial charge in [-0.3, -0.25) is 4.90 Å². The predicted molar refractivity (Wildman–Crippen MR) is 53.7 cm³/mol. The van der Waals surface area contributed by atoms with Crippen LogP contribution in [0.1, 0.15) is 12.7 Å². The lowest BCUT2D eigenvalue weighted by Crippen LogP contribution is -2.23. The van der Waals surface area contributed by atoms with Gasteiger partial charge in [0.1, 0.15) is 5.82 Å². The van der Waals surface area contributed by atoms with Gasteiger partial charge in [-0.25, -0.2) is 4.98 Å². The zero-order chi connectivity index (χ0) is 10.1. The molecule has 0 radical (unpaired) electrons. The van der Waals surface area contributed by atoms with Gasteiger partial charge in [0, 0.05) is 32.5 Å². The molecule has 2 unspecified atom stereocenters. The average Bonchev–Trinajstić information content (AvgIpc) is 2.63. The van der Waals surface area contributed by atoms with Gasteiger partial charge in [0.05, 0.1) is 12.6 Å². The van der Waals surface area contributed by atoms with Crippen LogP contribution in [0.25, 0.3) is 0 Å². The van der Waals surface area contributed by atoms with Gasteiger partial charge in [0.25, 0.3) is 0 Å². The van der Waals surface area contributed by atoms with E-state index in [1.165, 1.54) is 0 Å². The Hall–Kier alpha value is -0.870. The van der Waals surface area contributed by atoms with E-state index >= 15 is 0 Å². The van der Waals surface area contributed by atoms with E-state index in [4.69, 9.17) is 0 Å². The maximum atomic E-state index is 9.60. The first-order chi connectivity index (χ1) is 6.66. The molecule has 0 aliphatic carbocycles. The van der Waals surface area contributed by atoms with Crippen LogP contribution >= 0.6 is 0 Å². The fourth-order valence-electron chi connectivity index (χ4n) is 1.93. The van der Waals surface area contributed by atoms with Crippen molar-refractivity contribution in [3.05, 3.63) is 18.2 Å². The number of aromatic nitrogens is 2. The fraction of sp³-hybridized carbons (Fsp3) is 0.700. The third-order valence-corrected chi connectivity index (χ3v) is 2.93. The zero-order valence-electron chi connectivity index (χ0n) is 8.72. The molecule has 0 spiro atoms. The lowest BCUT2D eigenvalue weighted by Gasteiger charge is -2.14. The summed E-state index contributed by atoms with van der Waals surface area (Å²) in [5.74, 6) is 1.45. The number of rotatable bonds is 2.